The van der Waals surface area contributed by atoms with Crippen LogP contribution in [0.15, 0.2) is 30.3 Å². The molecular formula is C21H26FN3O2. The van der Waals surface area contributed by atoms with Crippen LogP contribution in [0, 0.1) is 19.7 Å². The van der Waals surface area contributed by atoms with E-state index >= 15 is 0 Å². The normalized spacial score (nSPS) is 14.9. The number of hydrogen-bond acceptors (Lipinski definition) is 2. The molecule has 1 fully saturated rings. The number of halogens is 1. The second kappa shape index (κ2) is 8.37. The Kier molecular flexibility index (Phi) is 5.94. The molecule has 0 bridgehead atoms. The summed E-state index contributed by atoms with van der Waals surface area (Å²) >= 11 is 0. The lowest BCUT2D eigenvalue weighted by atomic mass is 10.1. The summed E-state index contributed by atoms with van der Waals surface area (Å²) in [6.45, 7) is 6.26. The monoisotopic (exact) mass is 371 g/mol. The molecule has 1 aromatic heterocycles. The highest BCUT2D eigenvalue weighted by Crippen LogP contribution is 2.15. The van der Waals surface area contributed by atoms with Crippen LogP contribution in [0.25, 0.3) is 0 Å². The van der Waals surface area contributed by atoms with Crippen LogP contribution in [0.4, 0.5) is 4.39 Å². The van der Waals surface area contributed by atoms with Crippen LogP contribution < -0.4 is 0 Å². The molecule has 6 heteroatoms. The van der Waals surface area contributed by atoms with Crippen LogP contribution >= 0.6 is 0 Å². The predicted octanol–water partition coefficient (Wildman–Crippen LogP) is 3.08. The molecule has 0 unspecified atom stereocenters. The van der Waals surface area contributed by atoms with E-state index < -0.39 is 0 Å². The minimum Gasteiger partial charge on any atom is -0.362 e. The zero-order valence-corrected chi connectivity index (χ0v) is 15.9. The molecule has 2 aromatic rings. The Hall–Kier alpha value is -2.63. The van der Waals surface area contributed by atoms with E-state index in [1.165, 1.54) is 12.1 Å². The maximum atomic E-state index is 13.0. The summed E-state index contributed by atoms with van der Waals surface area (Å²) in [6, 6.07) is 8.15. The van der Waals surface area contributed by atoms with Gasteiger partial charge in [0.2, 0.25) is 5.91 Å². The lowest BCUT2D eigenvalue weighted by Gasteiger charge is -2.22. The smallest absolute Gasteiger partial charge is 0.255 e. The number of aromatic amines is 1. The van der Waals surface area contributed by atoms with Gasteiger partial charge in [-0.05, 0) is 50.5 Å². The number of rotatable bonds is 4. The average molecular weight is 371 g/mol. The van der Waals surface area contributed by atoms with Crippen LogP contribution in [0.1, 0.15) is 40.2 Å². The van der Waals surface area contributed by atoms with E-state index in [1.807, 2.05) is 29.7 Å². The molecule has 144 valence electrons. The molecule has 0 radical (unpaired) electrons. The molecule has 0 atom stereocenters. The SMILES string of the molecule is Cc1cc(C(=O)N2CCCN(C(=O)CCc3ccc(F)cc3)CC2)c(C)[nH]1. The Morgan fingerprint density at radius 1 is 1.04 bits per heavy atom. The first-order valence-corrected chi connectivity index (χ1v) is 9.42. The first kappa shape index (κ1) is 19.1. The lowest BCUT2D eigenvalue weighted by molar-refractivity contribution is -0.131. The van der Waals surface area contributed by atoms with Crippen molar-refractivity contribution >= 4 is 11.8 Å². The molecule has 2 amide bonds. The molecular weight excluding hydrogens is 345 g/mol. The van der Waals surface area contributed by atoms with Gasteiger partial charge in [-0.15, -0.1) is 0 Å². The minimum atomic E-state index is -0.268. The van der Waals surface area contributed by atoms with Gasteiger partial charge in [0, 0.05) is 44.0 Å². The maximum Gasteiger partial charge on any atom is 0.255 e. The van der Waals surface area contributed by atoms with Crippen LogP contribution in [0.5, 0.6) is 0 Å². The van der Waals surface area contributed by atoms with E-state index in [4.69, 9.17) is 0 Å². The zero-order chi connectivity index (χ0) is 19.4. The van der Waals surface area contributed by atoms with Crippen LogP contribution in [-0.4, -0.2) is 52.8 Å². The molecule has 5 nitrogen and oxygen atoms in total. The molecule has 2 heterocycles. The lowest BCUT2D eigenvalue weighted by Crippen LogP contribution is -2.37. The number of benzene rings is 1. The molecule has 1 aliphatic heterocycles. The Morgan fingerprint density at radius 3 is 2.37 bits per heavy atom. The highest BCUT2D eigenvalue weighted by molar-refractivity contribution is 5.95. The third-order valence-corrected chi connectivity index (χ3v) is 5.06. The van der Waals surface area contributed by atoms with Gasteiger partial charge in [0.1, 0.15) is 5.82 Å². The molecule has 1 N–H and O–H groups in total. The predicted molar refractivity (Wildman–Crippen MR) is 102 cm³/mol. The van der Waals surface area contributed by atoms with Crippen LogP contribution in [0.2, 0.25) is 0 Å². The second-order valence-corrected chi connectivity index (χ2v) is 7.14. The van der Waals surface area contributed by atoms with Crippen molar-refractivity contribution < 1.29 is 14.0 Å². The van der Waals surface area contributed by atoms with Crippen LogP contribution in [-0.2, 0) is 11.2 Å². The minimum absolute atomic E-state index is 0.0254. The van der Waals surface area contributed by atoms with Gasteiger partial charge in [-0.25, -0.2) is 4.39 Å². The van der Waals surface area contributed by atoms with E-state index in [1.54, 1.807) is 12.1 Å². The summed E-state index contributed by atoms with van der Waals surface area (Å²) in [7, 11) is 0. The van der Waals surface area contributed by atoms with Gasteiger partial charge in [-0.3, -0.25) is 9.59 Å². The first-order valence-electron chi connectivity index (χ1n) is 9.42. The number of nitrogens with zero attached hydrogens (tertiary/aromatic N) is 2. The number of aromatic nitrogens is 1. The first-order chi connectivity index (χ1) is 12.9. The second-order valence-electron chi connectivity index (χ2n) is 7.14. The van der Waals surface area contributed by atoms with Crippen LogP contribution in [0.3, 0.4) is 0 Å². The third-order valence-electron chi connectivity index (χ3n) is 5.06. The number of hydrogen-bond donors (Lipinski definition) is 1. The number of carbonyl (C=O) groups is 2. The Morgan fingerprint density at radius 2 is 1.70 bits per heavy atom. The molecule has 1 aromatic carbocycles. The van der Waals surface area contributed by atoms with Crippen molar-refractivity contribution in [2.45, 2.75) is 33.1 Å². The standard InChI is InChI=1S/C21H26FN3O2/c1-15-14-19(16(2)23-15)21(27)25-11-3-10-24(12-13-25)20(26)9-6-17-4-7-18(22)8-5-17/h4-5,7-8,14,23H,3,6,9-13H2,1-2H3. The van der Waals surface area contributed by atoms with E-state index in [0.29, 0.717) is 44.6 Å². The van der Waals surface area contributed by atoms with Crippen molar-refractivity contribution in [3.63, 3.8) is 0 Å². The van der Waals surface area contributed by atoms with Crippen molar-refractivity contribution in [1.82, 2.24) is 14.8 Å². The number of H-pyrrole nitrogens is 1. The highest BCUT2D eigenvalue weighted by Gasteiger charge is 2.24. The van der Waals surface area contributed by atoms with Gasteiger partial charge in [-0.2, -0.15) is 0 Å². The number of amides is 2. The molecule has 0 spiro atoms. The van der Waals surface area contributed by atoms with E-state index in [9.17, 15) is 14.0 Å². The van der Waals surface area contributed by atoms with Crippen molar-refractivity contribution in [2.75, 3.05) is 26.2 Å². The molecule has 0 aliphatic carbocycles. The van der Waals surface area contributed by atoms with Gasteiger partial charge in [0.25, 0.3) is 5.91 Å². The van der Waals surface area contributed by atoms with Crippen molar-refractivity contribution in [3.8, 4) is 0 Å². The molecule has 1 aliphatic rings. The summed E-state index contributed by atoms with van der Waals surface area (Å²) < 4.78 is 13.0. The van der Waals surface area contributed by atoms with Gasteiger partial charge in [0.05, 0.1) is 5.56 Å². The average Bonchev–Trinajstić information content (AvgIpc) is 2.85. The highest BCUT2D eigenvalue weighted by atomic mass is 19.1. The maximum absolute atomic E-state index is 13.0. The molecule has 27 heavy (non-hydrogen) atoms. The fourth-order valence-corrected chi connectivity index (χ4v) is 3.55. The van der Waals surface area contributed by atoms with E-state index in [-0.39, 0.29) is 17.6 Å². The van der Waals surface area contributed by atoms with E-state index in [0.717, 1.165) is 23.4 Å². The van der Waals surface area contributed by atoms with Crippen molar-refractivity contribution in [1.29, 1.82) is 0 Å². The summed E-state index contributed by atoms with van der Waals surface area (Å²) in [5, 5.41) is 0. The summed E-state index contributed by atoms with van der Waals surface area (Å²) in [5.41, 5.74) is 3.52. The topological polar surface area (TPSA) is 56.4 Å². The summed E-state index contributed by atoms with van der Waals surface area (Å²) in [5.74, 6) is -0.157. The fourth-order valence-electron chi connectivity index (χ4n) is 3.55. The Bertz CT molecular complexity index is 813. The summed E-state index contributed by atoms with van der Waals surface area (Å²) in [4.78, 5) is 32.2. The molecule has 0 saturated carbocycles. The zero-order valence-electron chi connectivity index (χ0n) is 15.9. The van der Waals surface area contributed by atoms with Crippen molar-refractivity contribution in [2.24, 2.45) is 0 Å². The van der Waals surface area contributed by atoms with Gasteiger partial charge in [-0.1, -0.05) is 12.1 Å². The number of nitrogens with one attached hydrogen (secondary N) is 1. The summed E-state index contributed by atoms with van der Waals surface area (Å²) in [6.07, 6.45) is 1.77. The number of aryl methyl sites for hydroxylation is 3. The van der Waals surface area contributed by atoms with Gasteiger partial charge < -0.3 is 14.8 Å². The van der Waals surface area contributed by atoms with E-state index in [2.05, 4.69) is 4.98 Å². The Balaban J connectivity index is 1.54. The van der Waals surface area contributed by atoms with Crippen molar-refractivity contribution in [3.05, 3.63) is 58.7 Å². The fraction of sp³-hybridized carbons (Fsp3) is 0.429. The van der Waals surface area contributed by atoms with Gasteiger partial charge in [0.15, 0.2) is 0 Å². The molecule has 1 saturated heterocycles. The largest absolute Gasteiger partial charge is 0.362 e. The third kappa shape index (κ3) is 4.76. The van der Waals surface area contributed by atoms with Gasteiger partial charge >= 0.3 is 0 Å². The Labute approximate surface area is 159 Å². The quantitative estimate of drug-likeness (QED) is 0.898. The molecule has 3 rings (SSSR count). The number of carbonyl (C=O) groups excluding carboxylic acids is 2.